The van der Waals surface area contributed by atoms with Gasteiger partial charge in [-0.1, -0.05) is 32.0 Å². The predicted octanol–water partition coefficient (Wildman–Crippen LogP) is 3.66. The third kappa shape index (κ3) is 2.56. The Morgan fingerprint density at radius 3 is 2.76 bits per heavy atom. The molecule has 0 aliphatic heterocycles. The van der Waals surface area contributed by atoms with Crippen LogP contribution in [0, 0.1) is 11.8 Å². The van der Waals surface area contributed by atoms with Gasteiger partial charge in [-0.3, -0.25) is 0 Å². The molecule has 0 amide bonds. The lowest BCUT2D eigenvalue weighted by Gasteiger charge is -2.19. The standard InChI is InChI=1S/C17H21NO3/c1-10-7-8-14(11(10)2)18-9-13-12-5-3-4-6-15(12)21-16(13)17(19)20/h3-6,10-11,14,18H,7-9H2,1-2H3,(H,19,20). The summed E-state index contributed by atoms with van der Waals surface area (Å²) in [7, 11) is 0. The van der Waals surface area contributed by atoms with Crippen LogP contribution in [0.5, 0.6) is 0 Å². The summed E-state index contributed by atoms with van der Waals surface area (Å²) in [4.78, 5) is 11.4. The predicted molar refractivity (Wildman–Crippen MR) is 81.4 cm³/mol. The number of rotatable bonds is 4. The van der Waals surface area contributed by atoms with Crippen molar-refractivity contribution in [3.63, 3.8) is 0 Å². The van der Waals surface area contributed by atoms with E-state index in [0.717, 1.165) is 23.3 Å². The third-order valence-electron chi connectivity index (χ3n) is 4.90. The summed E-state index contributed by atoms with van der Waals surface area (Å²) in [6.45, 7) is 5.09. The van der Waals surface area contributed by atoms with E-state index in [9.17, 15) is 9.90 Å². The van der Waals surface area contributed by atoms with Gasteiger partial charge in [0.05, 0.1) is 0 Å². The van der Waals surface area contributed by atoms with E-state index in [2.05, 4.69) is 19.2 Å². The van der Waals surface area contributed by atoms with E-state index >= 15 is 0 Å². The molecule has 0 spiro atoms. The molecule has 1 heterocycles. The van der Waals surface area contributed by atoms with Gasteiger partial charge in [-0.05, 0) is 30.7 Å². The number of hydrogen-bond acceptors (Lipinski definition) is 3. The highest BCUT2D eigenvalue weighted by atomic mass is 16.4. The molecule has 21 heavy (non-hydrogen) atoms. The first kappa shape index (κ1) is 14.1. The number of para-hydroxylation sites is 1. The molecular weight excluding hydrogens is 266 g/mol. The van der Waals surface area contributed by atoms with E-state index in [4.69, 9.17) is 4.42 Å². The lowest BCUT2D eigenvalue weighted by Crippen LogP contribution is -2.32. The molecule has 4 heteroatoms. The summed E-state index contributed by atoms with van der Waals surface area (Å²) in [5, 5.41) is 13.7. The van der Waals surface area contributed by atoms with Gasteiger partial charge in [0.25, 0.3) is 0 Å². The lowest BCUT2D eigenvalue weighted by molar-refractivity contribution is 0.0663. The van der Waals surface area contributed by atoms with Gasteiger partial charge in [-0.15, -0.1) is 0 Å². The van der Waals surface area contributed by atoms with E-state index in [1.54, 1.807) is 0 Å². The zero-order valence-electron chi connectivity index (χ0n) is 12.4. The Morgan fingerprint density at radius 1 is 1.33 bits per heavy atom. The summed E-state index contributed by atoms with van der Waals surface area (Å²) in [5.41, 5.74) is 1.39. The quantitative estimate of drug-likeness (QED) is 0.901. The Labute approximate surface area is 124 Å². The third-order valence-corrected chi connectivity index (χ3v) is 4.90. The number of benzene rings is 1. The number of furan rings is 1. The van der Waals surface area contributed by atoms with Crippen LogP contribution >= 0.6 is 0 Å². The number of carboxylic acids is 1. The van der Waals surface area contributed by atoms with Crippen LogP contribution in [0.3, 0.4) is 0 Å². The van der Waals surface area contributed by atoms with Gasteiger partial charge in [0.1, 0.15) is 5.58 Å². The van der Waals surface area contributed by atoms with E-state index in [-0.39, 0.29) is 5.76 Å². The Morgan fingerprint density at radius 2 is 2.10 bits per heavy atom. The zero-order chi connectivity index (χ0) is 15.0. The fourth-order valence-corrected chi connectivity index (χ4v) is 3.33. The maximum absolute atomic E-state index is 11.4. The molecule has 2 aromatic rings. The molecule has 3 rings (SSSR count). The number of aromatic carboxylic acids is 1. The van der Waals surface area contributed by atoms with Crippen molar-refractivity contribution in [2.45, 2.75) is 39.3 Å². The summed E-state index contributed by atoms with van der Waals surface area (Å²) in [6, 6.07) is 7.95. The van der Waals surface area contributed by atoms with Crippen molar-refractivity contribution >= 4 is 16.9 Å². The zero-order valence-corrected chi connectivity index (χ0v) is 12.4. The molecule has 0 bridgehead atoms. The summed E-state index contributed by atoms with van der Waals surface area (Å²) in [6.07, 6.45) is 2.39. The van der Waals surface area contributed by atoms with Gasteiger partial charge in [0.15, 0.2) is 0 Å². The molecular formula is C17H21NO3. The molecule has 1 aliphatic carbocycles. The average molecular weight is 287 g/mol. The molecule has 0 radical (unpaired) electrons. The van der Waals surface area contributed by atoms with Crippen molar-refractivity contribution < 1.29 is 14.3 Å². The molecule has 1 aliphatic rings. The van der Waals surface area contributed by atoms with Crippen LogP contribution in [0.25, 0.3) is 11.0 Å². The molecule has 1 aromatic carbocycles. The minimum atomic E-state index is -1.00. The molecule has 112 valence electrons. The highest BCUT2D eigenvalue weighted by Gasteiger charge is 2.30. The van der Waals surface area contributed by atoms with E-state index in [0.29, 0.717) is 24.1 Å². The highest BCUT2D eigenvalue weighted by Crippen LogP contribution is 2.32. The van der Waals surface area contributed by atoms with Gasteiger partial charge in [0.2, 0.25) is 5.76 Å². The number of nitrogens with one attached hydrogen (secondary N) is 1. The Kier molecular flexibility index (Phi) is 3.72. The first-order chi connectivity index (χ1) is 10.1. The van der Waals surface area contributed by atoms with Crippen LogP contribution in [-0.4, -0.2) is 17.1 Å². The second-order valence-corrected chi connectivity index (χ2v) is 6.11. The van der Waals surface area contributed by atoms with Crippen molar-refractivity contribution in [1.82, 2.24) is 5.32 Å². The topological polar surface area (TPSA) is 62.5 Å². The van der Waals surface area contributed by atoms with Crippen molar-refractivity contribution in [1.29, 1.82) is 0 Å². The summed E-state index contributed by atoms with van der Waals surface area (Å²) < 4.78 is 5.48. The molecule has 1 fully saturated rings. The van der Waals surface area contributed by atoms with Gasteiger partial charge < -0.3 is 14.8 Å². The number of carbonyl (C=O) groups is 1. The van der Waals surface area contributed by atoms with Crippen LogP contribution in [0.1, 0.15) is 42.8 Å². The van der Waals surface area contributed by atoms with Crippen LogP contribution in [0.4, 0.5) is 0 Å². The highest BCUT2D eigenvalue weighted by molar-refractivity contribution is 5.95. The second kappa shape index (κ2) is 5.53. The van der Waals surface area contributed by atoms with Crippen molar-refractivity contribution in [2.24, 2.45) is 11.8 Å². The molecule has 2 N–H and O–H groups in total. The minimum absolute atomic E-state index is 0.0578. The van der Waals surface area contributed by atoms with E-state index < -0.39 is 5.97 Å². The van der Waals surface area contributed by atoms with Crippen molar-refractivity contribution in [3.8, 4) is 0 Å². The van der Waals surface area contributed by atoms with Crippen molar-refractivity contribution in [2.75, 3.05) is 0 Å². The fraction of sp³-hybridized carbons (Fsp3) is 0.471. The SMILES string of the molecule is CC1CCC(NCc2c(C(=O)O)oc3ccccc23)C1C. The van der Waals surface area contributed by atoms with E-state index in [1.807, 2.05) is 24.3 Å². The first-order valence-electron chi connectivity index (χ1n) is 7.55. The number of hydrogen-bond donors (Lipinski definition) is 2. The summed E-state index contributed by atoms with van der Waals surface area (Å²) >= 11 is 0. The normalized spacial score (nSPS) is 25.5. The smallest absolute Gasteiger partial charge is 0.372 e. The van der Waals surface area contributed by atoms with Gasteiger partial charge >= 0.3 is 5.97 Å². The van der Waals surface area contributed by atoms with Crippen LogP contribution in [-0.2, 0) is 6.54 Å². The molecule has 3 unspecified atom stereocenters. The fourth-order valence-electron chi connectivity index (χ4n) is 3.33. The first-order valence-corrected chi connectivity index (χ1v) is 7.55. The molecule has 3 atom stereocenters. The Bertz CT molecular complexity index is 661. The second-order valence-electron chi connectivity index (χ2n) is 6.11. The maximum Gasteiger partial charge on any atom is 0.372 e. The maximum atomic E-state index is 11.4. The molecule has 0 saturated heterocycles. The van der Waals surface area contributed by atoms with Crippen LogP contribution in [0.2, 0.25) is 0 Å². The summed E-state index contributed by atoms with van der Waals surface area (Å²) in [5.74, 6) is 0.400. The van der Waals surface area contributed by atoms with Gasteiger partial charge in [-0.25, -0.2) is 4.79 Å². The Hall–Kier alpha value is -1.81. The average Bonchev–Trinajstić information content (AvgIpc) is 2.99. The minimum Gasteiger partial charge on any atom is -0.475 e. The molecule has 1 saturated carbocycles. The Balaban J connectivity index is 1.86. The van der Waals surface area contributed by atoms with Crippen molar-refractivity contribution in [3.05, 3.63) is 35.6 Å². The lowest BCUT2D eigenvalue weighted by atomic mass is 9.97. The van der Waals surface area contributed by atoms with Gasteiger partial charge in [-0.2, -0.15) is 0 Å². The largest absolute Gasteiger partial charge is 0.475 e. The number of fused-ring (bicyclic) bond motifs is 1. The monoisotopic (exact) mass is 287 g/mol. The number of carboxylic acid groups (broad SMARTS) is 1. The molecule has 1 aromatic heterocycles. The van der Waals surface area contributed by atoms with Crippen LogP contribution in [0.15, 0.2) is 28.7 Å². The van der Waals surface area contributed by atoms with Gasteiger partial charge in [0, 0.05) is 23.5 Å². The molecule has 4 nitrogen and oxygen atoms in total. The van der Waals surface area contributed by atoms with Crippen LogP contribution < -0.4 is 5.32 Å². The van der Waals surface area contributed by atoms with E-state index in [1.165, 1.54) is 6.42 Å².